The molecule has 7 nitrogen and oxygen atoms in total. The number of allylic oxidation sites excluding steroid dienone is 4. The average molecular weight is 467 g/mol. The van der Waals surface area contributed by atoms with Gasteiger partial charge in [-0.15, -0.1) is 0 Å². The minimum absolute atomic E-state index is 0.00711. The van der Waals surface area contributed by atoms with Gasteiger partial charge < -0.3 is 5.11 Å². The number of hydrogen-bond donors (Lipinski definition) is 1. The fraction of sp³-hybridized carbons (Fsp3) is 0.778. The molecule has 0 saturated heterocycles. The molecular formula is C27H38N4O3. The lowest BCUT2D eigenvalue weighted by molar-refractivity contribution is -0.133. The molecule has 0 aromatic carbocycles. The van der Waals surface area contributed by atoms with Crippen molar-refractivity contribution < 1.29 is 9.90 Å². The topological polar surface area (TPSA) is 90.0 Å². The van der Waals surface area contributed by atoms with Crippen LogP contribution in [0.15, 0.2) is 23.0 Å². The van der Waals surface area contributed by atoms with E-state index in [0.717, 1.165) is 56.1 Å². The van der Waals surface area contributed by atoms with Crippen LogP contribution < -0.4 is 5.69 Å². The highest BCUT2D eigenvalue weighted by molar-refractivity contribution is 5.82. The summed E-state index contributed by atoms with van der Waals surface area (Å²) in [5.74, 6) is 3.67. The summed E-state index contributed by atoms with van der Waals surface area (Å²) in [5.41, 5.74) is 0.0307. The molecule has 0 radical (unpaired) electrons. The fourth-order valence-electron chi connectivity index (χ4n) is 9.02. The monoisotopic (exact) mass is 466 g/mol. The predicted octanol–water partition coefficient (Wildman–Crippen LogP) is 3.83. The van der Waals surface area contributed by atoms with Crippen molar-refractivity contribution in [1.29, 1.82) is 0 Å². The Morgan fingerprint density at radius 3 is 2.68 bits per heavy atom. The van der Waals surface area contributed by atoms with Crippen molar-refractivity contribution >= 4 is 11.5 Å². The number of rotatable bonds is 4. The zero-order valence-corrected chi connectivity index (χ0v) is 20.5. The Labute approximate surface area is 201 Å². The van der Waals surface area contributed by atoms with Crippen LogP contribution in [0, 0.1) is 40.9 Å². The van der Waals surface area contributed by atoms with E-state index in [1.807, 2.05) is 25.2 Å². The zero-order valence-electron chi connectivity index (χ0n) is 20.5. The maximum Gasteiger partial charge on any atom is 0.368 e. The summed E-state index contributed by atoms with van der Waals surface area (Å²) in [7, 11) is 0. The van der Waals surface area contributed by atoms with Crippen molar-refractivity contribution in [1.82, 2.24) is 19.8 Å². The normalized spacial score (nSPS) is 43.2. The van der Waals surface area contributed by atoms with Gasteiger partial charge in [0.15, 0.2) is 5.78 Å². The van der Waals surface area contributed by atoms with Crippen LogP contribution in [0.5, 0.6) is 0 Å². The van der Waals surface area contributed by atoms with Gasteiger partial charge in [0.2, 0.25) is 0 Å². The van der Waals surface area contributed by atoms with Gasteiger partial charge in [0.25, 0.3) is 0 Å². The third-order valence-electron chi connectivity index (χ3n) is 10.6. The van der Waals surface area contributed by atoms with Gasteiger partial charge in [-0.3, -0.25) is 4.79 Å². The number of ketones is 1. The minimum Gasteiger partial charge on any atom is -0.390 e. The van der Waals surface area contributed by atoms with E-state index in [9.17, 15) is 14.7 Å². The maximum atomic E-state index is 13.5. The van der Waals surface area contributed by atoms with E-state index in [1.165, 1.54) is 28.6 Å². The molecule has 0 spiro atoms. The van der Waals surface area contributed by atoms with Crippen LogP contribution in [0.1, 0.15) is 78.1 Å². The standard InChI is InChI=1S/C27H38N4O3/c1-26(34)13-11-19-17(15-26)7-8-21-20(19)12-14-27(2)22(21)9-10-23(27)24(32)16-30-25(33)31(29-28-30)18-5-3-4-6-18/h3-5,17,19-23,34H,6-16H2,1-2H3/t17-,19+,20-,21-,22+,23-,26-,27+/m1/s1. The van der Waals surface area contributed by atoms with E-state index in [4.69, 9.17) is 0 Å². The average Bonchev–Trinajstić information content (AvgIpc) is 3.52. The highest BCUT2D eigenvalue weighted by Crippen LogP contribution is 2.64. The van der Waals surface area contributed by atoms with Gasteiger partial charge in [-0.1, -0.05) is 19.1 Å². The number of fused-ring (bicyclic) bond motifs is 5. The summed E-state index contributed by atoms with van der Waals surface area (Å²) in [6, 6.07) is 0. The first-order chi connectivity index (χ1) is 16.3. The second-order valence-corrected chi connectivity index (χ2v) is 12.4. The molecule has 1 aromatic rings. The van der Waals surface area contributed by atoms with Gasteiger partial charge in [0.1, 0.15) is 6.54 Å². The van der Waals surface area contributed by atoms with Crippen LogP contribution in [-0.2, 0) is 11.3 Å². The van der Waals surface area contributed by atoms with Crippen LogP contribution in [0.4, 0.5) is 0 Å². The summed E-state index contributed by atoms with van der Waals surface area (Å²) in [6.45, 7) is 4.40. The summed E-state index contributed by atoms with van der Waals surface area (Å²) in [4.78, 5) is 26.3. The molecule has 4 saturated carbocycles. The molecule has 0 bridgehead atoms. The Morgan fingerprint density at radius 2 is 1.88 bits per heavy atom. The molecule has 5 aliphatic carbocycles. The van der Waals surface area contributed by atoms with E-state index in [2.05, 4.69) is 17.4 Å². The number of nitrogens with zero attached hydrogens (tertiary/aromatic N) is 4. The summed E-state index contributed by atoms with van der Waals surface area (Å²) in [5, 5.41) is 18.7. The molecule has 6 rings (SSSR count). The molecule has 5 aliphatic rings. The summed E-state index contributed by atoms with van der Waals surface area (Å²) < 4.78 is 2.57. The van der Waals surface area contributed by atoms with Crippen molar-refractivity contribution in [2.24, 2.45) is 40.9 Å². The van der Waals surface area contributed by atoms with Crippen LogP contribution in [0.2, 0.25) is 0 Å². The Bertz CT molecular complexity index is 1100. The first-order valence-electron chi connectivity index (χ1n) is 13.4. The van der Waals surface area contributed by atoms with E-state index < -0.39 is 5.60 Å². The lowest BCUT2D eigenvalue weighted by atomic mass is 9.49. The van der Waals surface area contributed by atoms with Gasteiger partial charge in [0, 0.05) is 12.3 Å². The molecule has 0 amide bonds. The molecule has 34 heavy (non-hydrogen) atoms. The smallest absolute Gasteiger partial charge is 0.368 e. The summed E-state index contributed by atoms with van der Waals surface area (Å²) >= 11 is 0. The number of Topliss-reactive ketones (excluding diaryl/α,β-unsaturated/α-hetero) is 1. The van der Waals surface area contributed by atoms with E-state index in [1.54, 1.807) is 0 Å². The number of tetrazole rings is 1. The Balaban J connectivity index is 1.17. The van der Waals surface area contributed by atoms with Crippen molar-refractivity contribution in [2.45, 2.75) is 90.2 Å². The number of aromatic nitrogens is 4. The van der Waals surface area contributed by atoms with Gasteiger partial charge in [-0.2, -0.15) is 9.36 Å². The first-order valence-corrected chi connectivity index (χ1v) is 13.4. The molecule has 8 atom stereocenters. The Hall–Kier alpha value is -2.02. The zero-order chi connectivity index (χ0) is 23.7. The van der Waals surface area contributed by atoms with Crippen LogP contribution >= 0.6 is 0 Å². The molecule has 0 aliphatic heterocycles. The van der Waals surface area contributed by atoms with Crippen molar-refractivity contribution in [3.63, 3.8) is 0 Å². The van der Waals surface area contributed by atoms with Crippen molar-refractivity contribution in [3.05, 3.63) is 28.7 Å². The largest absolute Gasteiger partial charge is 0.390 e. The first kappa shape index (κ1) is 22.4. The van der Waals surface area contributed by atoms with E-state index in [0.29, 0.717) is 24.2 Å². The number of hydrogen-bond acceptors (Lipinski definition) is 5. The molecular weight excluding hydrogens is 428 g/mol. The van der Waals surface area contributed by atoms with Crippen molar-refractivity contribution in [2.75, 3.05) is 0 Å². The quantitative estimate of drug-likeness (QED) is 0.728. The van der Waals surface area contributed by atoms with E-state index in [-0.39, 0.29) is 29.4 Å². The predicted molar refractivity (Wildman–Crippen MR) is 129 cm³/mol. The Kier molecular flexibility index (Phi) is 5.28. The maximum absolute atomic E-state index is 13.5. The molecule has 1 heterocycles. The highest BCUT2D eigenvalue weighted by atomic mass is 16.3. The lowest BCUT2D eigenvalue weighted by Crippen LogP contribution is -2.51. The number of carbonyl (C=O) groups is 1. The SMILES string of the molecule is C[C@@]1(O)CC[C@H]2[C@H](CC[C@@H]3[C@@H]2CC[C@]2(C)[C@@H](C(=O)Cn4nnn(C5=CC=CC5)c4=O)CC[C@@H]32)C1. The molecule has 1 N–H and O–H groups in total. The van der Waals surface area contributed by atoms with Gasteiger partial charge in [-0.05, 0) is 116 Å². The van der Waals surface area contributed by atoms with Gasteiger partial charge in [0.05, 0.1) is 11.3 Å². The van der Waals surface area contributed by atoms with Crippen molar-refractivity contribution in [3.8, 4) is 0 Å². The highest BCUT2D eigenvalue weighted by Gasteiger charge is 2.58. The Morgan fingerprint density at radius 1 is 1.06 bits per heavy atom. The number of aliphatic hydroxyl groups is 1. The molecule has 184 valence electrons. The van der Waals surface area contributed by atoms with Crippen LogP contribution in [-0.4, -0.2) is 36.3 Å². The van der Waals surface area contributed by atoms with Gasteiger partial charge in [-0.25, -0.2) is 4.79 Å². The molecule has 0 unspecified atom stereocenters. The molecule has 7 heteroatoms. The van der Waals surface area contributed by atoms with Crippen LogP contribution in [0.3, 0.4) is 0 Å². The lowest BCUT2D eigenvalue weighted by Gasteiger charge is -2.56. The second kappa shape index (κ2) is 8.00. The third kappa shape index (κ3) is 3.49. The number of carbonyl (C=O) groups excluding carboxylic acids is 1. The van der Waals surface area contributed by atoms with E-state index >= 15 is 0 Å². The molecule has 4 fully saturated rings. The van der Waals surface area contributed by atoms with Crippen LogP contribution in [0.25, 0.3) is 5.70 Å². The minimum atomic E-state index is -0.479. The molecule has 1 aromatic heterocycles. The van der Waals surface area contributed by atoms with Gasteiger partial charge >= 0.3 is 5.69 Å². The fourth-order valence-corrected chi connectivity index (χ4v) is 9.02. The second-order valence-electron chi connectivity index (χ2n) is 12.4. The third-order valence-corrected chi connectivity index (χ3v) is 10.6. The summed E-state index contributed by atoms with van der Waals surface area (Å²) in [6.07, 6.45) is 16.3.